The quantitative estimate of drug-likeness (QED) is 0.489. The third kappa shape index (κ3) is 6.61. The van der Waals surface area contributed by atoms with Gasteiger partial charge in [0, 0.05) is 19.0 Å². The first-order chi connectivity index (χ1) is 8.50. The van der Waals surface area contributed by atoms with Crippen molar-refractivity contribution in [3.05, 3.63) is 0 Å². The monoisotopic (exact) mass is 277 g/mol. The zero-order chi connectivity index (χ0) is 14.0. The fourth-order valence-electron chi connectivity index (χ4n) is 1.70. The van der Waals surface area contributed by atoms with Gasteiger partial charge in [-0.1, -0.05) is 6.92 Å². The van der Waals surface area contributed by atoms with E-state index in [1.165, 1.54) is 0 Å². The molecule has 1 N–H and O–H groups in total. The Morgan fingerprint density at radius 2 is 2.17 bits per heavy atom. The Morgan fingerprint density at radius 1 is 1.50 bits per heavy atom. The Kier molecular flexibility index (Phi) is 9.50. The largest absolute Gasteiger partial charge is 0.465 e. The molecule has 2 atom stereocenters. The number of rotatable bonds is 10. The summed E-state index contributed by atoms with van der Waals surface area (Å²) in [5.74, 6) is 0.884. The molecule has 0 aromatic carbocycles. The standard InChI is InChI=1S/C13H27NO3S/c1-6-17-12(15)13(3,14-4)10-11(2)18-9-7-8-16-5/h11,14H,6-10H2,1-5H3. The van der Waals surface area contributed by atoms with Crippen LogP contribution in [-0.4, -0.2) is 49.9 Å². The molecule has 108 valence electrons. The minimum Gasteiger partial charge on any atom is -0.465 e. The predicted molar refractivity (Wildman–Crippen MR) is 77.1 cm³/mol. The summed E-state index contributed by atoms with van der Waals surface area (Å²) in [6.07, 6.45) is 1.81. The van der Waals surface area contributed by atoms with Gasteiger partial charge in [0.05, 0.1) is 6.61 Å². The molecule has 0 aromatic heterocycles. The maximum Gasteiger partial charge on any atom is 0.326 e. The summed E-state index contributed by atoms with van der Waals surface area (Å²) in [5.41, 5.74) is -0.594. The van der Waals surface area contributed by atoms with E-state index in [9.17, 15) is 4.79 Å². The van der Waals surface area contributed by atoms with Gasteiger partial charge in [-0.15, -0.1) is 0 Å². The molecular formula is C13H27NO3S. The van der Waals surface area contributed by atoms with Crippen molar-refractivity contribution in [3.63, 3.8) is 0 Å². The van der Waals surface area contributed by atoms with Crippen LogP contribution in [0.2, 0.25) is 0 Å². The second kappa shape index (κ2) is 9.64. The van der Waals surface area contributed by atoms with Crippen LogP contribution in [0.1, 0.15) is 33.6 Å². The van der Waals surface area contributed by atoms with E-state index in [4.69, 9.17) is 9.47 Å². The number of hydrogen-bond donors (Lipinski definition) is 1. The zero-order valence-electron chi connectivity index (χ0n) is 12.2. The molecule has 4 nitrogen and oxygen atoms in total. The van der Waals surface area contributed by atoms with Crippen LogP contribution in [-0.2, 0) is 14.3 Å². The number of carbonyl (C=O) groups is 1. The Bertz CT molecular complexity index is 238. The van der Waals surface area contributed by atoms with Gasteiger partial charge in [0.2, 0.25) is 0 Å². The van der Waals surface area contributed by atoms with Crippen LogP contribution in [0, 0.1) is 0 Å². The summed E-state index contributed by atoms with van der Waals surface area (Å²) in [4.78, 5) is 11.9. The Labute approximate surface area is 115 Å². The molecule has 0 aliphatic rings. The Hall–Kier alpha value is -0.260. The van der Waals surface area contributed by atoms with Crippen molar-refractivity contribution in [1.29, 1.82) is 0 Å². The Morgan fingerprint density at radius 3 is 2.67 bits per heavy atom. The predicted octanol–water partition coefficient (Wildman–Crippen LogP) is 2.08. The van der Waals surface area contributed by atoms with Gasteiger partial charge >= 0.3 is 5.97 Å². The molecule has 0 aliphatic heterocycles. The van der Waals surface area contributed by atoms with Crippen molar-refractivity contribution in [1.82, 2.24) is 5.32 Å². The molecule has 0 heterocycles. The Balaban J connectivity index is 4.13. The van der Waals surface area contributed by atoms with Gasteiger partial charge < -0.3 is 14.8 Å². The van der Waals surface area contributed by atoms with Crippen LogP contribution < -0.4 is 5.32 Å². The number of ether oxygens (including phenoxy) is 2. The number of nitrogens with one attached hydrogen (secondary N) is 1. The molecule has 18 heavy (non-hydrogen) atoms. The van der Waals surface area contributed by atoms with E-state index in [2.05, 4.69) is 12.2 Å². The molecule has 0 radical (unpaired) electrons. The molecule has 0 amide bonds. The molecule has 0 aromatic rings. The van der Waals surface area contributed by atoms with Crippen molar-refractivity contribution in [2.45, 2.75) is 44.4 Å². The molecule has 0 bridgehead atoms. The third-order valence-electron chi connectivity index (χ3n) is 2.87. The highest BCUT2D eigenvalue weighted by molar-refractivity contribution is 7.99. The van der Waals surface area contributed by atoms with Gasteiger partial charge in [0.25, 0.3) is 0 Å². The van der Waals surface area contributed by atoms with E-state index >= 15 is 0 Å². The lowest BCUT2D eigenvalue weighted by molar-refractivity contribution is -0.150. The fourth-order valence-corrected chi connectivity index (χ4v) is 2.84. The molecule has 5 heteroatoms. The number of likely N-dealkylation sites (N-methyl/N-ethyl adjacent to an activating group) is 1. The highest BCUT2D eigenvalue weighted by Gasteiger charge is 2.34. The normalized spacial score (nSPS) is 16.1. The van der Waals surface area contributed by atoms with Crippen molar-refractivity contribution >= 4 is 17.7 Å². The fraction of sp³-hybridized carbons (Fsp3) is 0.923. The maximum atomic E-state index is 11.9. The SMILES string of the molecule is CCOC(=O)C(C)(CC(C)SCCCOC)NC. The van der Waals surface area contributed by atoms with E-state index in [0.29, 0.717) is 11.9 Å². The van der Waals surface area contributed by atoms with Crippen LogP contribution in [0.3, 0.4) is 0 Å². The van der Waals surface area contributed by atoms with Crippen LogP contribution in [0.15, 0.2) is 0 Å². The van der Waals surface area contributed by atoms with E-state index in [0.717, 1.165) is 25.2 Å². The summed E-state index contributed by atoms with van der Waals surface area (Å²) < 4.78 is 10.1. The second-order valence-corrected chi connectivity index (χ2v) is 6.08. The first-order valence-corrected chi connectivity index (χ1v) is 7.51. The highest BCUT2D eigenvalue weighted by atomic mass is 32.2. The van der Waals surface area contributed by atoms with Crippen molar-refractivity contribution in [3.8, 4) is 0 Å². The molecule has 0 saturated carbocycles. The number of carbonyl (C=O) groups excluding carboxylic acids is 1. The number of esters is 1. The molecule has 0 aliphatic carbocycles. The maximum absolute atomic E-state index is 11.9. The smallest absolute Gasteiger partial charge is 0.326 e. The average Bonchev–Trinajstić information content (AvgIpc) is 2.34. The summed E-state index contributed by atoms with van der Waals surface area (Å²) in [7, 11) is 3.52. The number of thioether (sulfide) groups is 1. The van der Waals surface area contributed by atoms with Gasteiger partial charge in [-0.3, -0.25) is 4.79 Å². The minimum absolute atomic E-state index is 0.170. The van der Waals surface area contributed by atoms with E-state index < -0.39 is 5.54 Å². The van der Waals surface area contributed by atoms with E-state index in [1.807, 2.05) is 25.6 Å². The zero-order valence-corrected chi connectivity index (χ0v) is 13.1. The van der Waals surface area contributed by atoms with Crippen molar-refractivity contribution in [2.24, 2.45) is 0 Å². The average molecular weight is 277 g/mol. The summed E-state index contributed by atoms with van der Waals surface area (Å²) in [5, 5.41) is 3.49. The van der Waals surface area contributed by atoms with Crippen LogP contribution in [0.25, 0.3) is 0 Å². The molecule has 0 spiro atoms. The van der Waals surface area contributed by atoms with Crippen molar-refractivity contribution < 1.29 is 14.3 Å². The molecule has 0 fully saturated rings. The van der Waals surface area contributed by atoms with Crippen LogP contribution >= 0.6 is 11.8 Å². The third-order valence-corrected chi connectivity index (χ3v) is 4.13. The topological polar surface area (TPSA) is 47.6 Å². The van der Waals surface area contributed by atoms with Gasteiger partial charge in [0.15, 0.2) is 0 Å². The molecule has 0 saturated heterocycles. The van der Waals surface area contributed by atoms with Crippen LogP contribution in [0.5, 0.6) is 0 Å². The van der Waals surface area contributed by atoms with E-state index in [-0.39, 0.29) is 5.97 Å². The van der Waals surface area contributed by atoms with Gasteiger partial charge in [0.1, 0.15) is 5.54 Å². The highest BCUT2D eigenvalue weighted by Crippen LogP contribution is 2.23. The number of hydrogen-bond acceptors (Lipinski definition) is 5. The summed E-state index contributed by atoms with van der Waals surface area (Å²) in [6, 6.07) is 0. The second-order valence-electron chi connectivity index (χ2n) is 4.53. The van der Waals surface area contributed by atoms with Gasteiger partial charge in [-0.25, -0.2) is 0 Å². The molecular weight excluding hydrogens is 250 g/mol. The lowest BCUT2D eigenvalue weighted by Gasteiger charge is -2.29. The first kappa shape index (κ1) is 17.7. The minimum atomic E-state index is -0.594. The summed E-state index contributed by atoms with van der Waals surface area (Å²) in [6.45, 7) is 7.09. The summed E-state index contributed by atoms with van der Waals surface area (Å²) >= 11 is 1.87. The molecule has 2 unspecified atom stereocenters. The first-order valence-electron chi connectivity index (χ1n) is 6.46. The van der Waals surface area contributed by atoms with Gasteiger partial charge in [-0.05, 0) is 39.5 Å². The van der Waals surface area contributed by atoms with Crippen LogP contribution in [0.4, 0.5) is 0 Å². The number of methoxy groups -OCH3 is 1. The molecule has 0 rings (SSSR count). The van der Waals surface area contributed by atoms with E-state index in [1.54, 1.807) is 14.2 Å². The van der Waals surface area contributed by atoms with Crippen molar-refractivity contribution in [2.75, 3.05) is 33.1 Å². The lowest BCUT2D eigenvalue weighted by Crippen LogP contribution is -2.50. The lowest BCUT2D eigenvalue weighted by atomic mass is 9.96. The van der Waals surface area contributed by atoms with Gasteiger partial charge in [-0.2, -0.15) is 11.8 Å².